The molecule has 1 fully saturated rings. The van der Waals surface area contributed by atoms with Crippen molar-refractivity contribution in [1.29, 1.82) is 0 Å². The van der Waals surface area contributed by atoms with Crippen molar-refractivity contribution in [3.8, 4) is 5.75 Å². The van der Waals surface area contributed by atoms with E-state index in [0.717, 1.165) is 19.3 Å². The molecule has 2 heterocycles. The van der Waals surface area contributed by atoms with Gasteiger partial charge in [-0.25, -0.2) is 13.4 Å². The van der Waals surface area contributed by atoms with Gasteiger partial charge in [-0.05, 0) is 36.4 Å². The highest BCUT2D eigenvalue weighted by Gasteiger charge is 2.23. The molecule has 0 bridgehead atoms. The molecule has 1 amide bonds. The van der Waals surface area contributed by atoms with E-state index >= 15 is 0 Å². The SMILES string of the molecule is CS(=O)(=O)c1ccc2nc(N(CCN3CCOCC3)C(=O)COc3ccc(Cl)cc3Cl)sc2c1. The average Bonchev–Trinajstić information content (AvgIpc) is 3.22. The molecule has 0 atom stereocenters. The van der Waals surface area contributed by atoms with Gasteiger partial charge >= 0.3 is 0 Å². The van der Waals surface area contributed by atoms with Gasteiger partial charge in [-0.1, -0.05) is 34.5 Å². The van der Waals surface area contributed by atoms with Gasteiger partial charge in [0.25, 0.3) is 5.91 Å². The third kappa shape index (κ3) is 6.18. The summed E-state index contributed by atoms with van der Waals surface area (Å²) in [5.74, 6) is 0.0660. The summed E-state index contributed by atoms with van der Waals surface area (Å²) in [5, 5.41) is 1.26. The van der Waals surface area contributed by atoms with Crippen molar-refractivity contribution in [3.63, 3.8) is 0 Å². The fourth-order valence-electron chi connectivity index (χ4n) is 3.44. The van der Waals surface area contributed by atoms with E-state index in [-0.39, 0.29) is 17.4 Å². The van der Waals surface area contributed by atoms with E-state index in [0.29, 0.717) is 57.4 Å². The summed E-state index contributed by atoms with van der Waals surface area (Å²) in [6.07, 6.45) is 1.16. The number of fused-ring (bicyclic) bond motifs is 1. The zero-order valence-electron chi connectivity index (χ0n) is 18.4. The van der Waals surface area contributed by atoms with Crippen LogP contribution >= 0.6 is 34.5 Å². The summed E-state index contributed by atoms with van der Waals surface area (Å²) in [5.41, 5.74) is 0.623. The predicted molar refractivity (Wildman–Crippen MR) is 134 cm³/mol. The monoisotopic (exact) mass is 543 g/mol. The van der Waals surface area contributed by atoms with Crippen LogP contribution in [0.3, 0.4) is 0 Å². The normalized spacial score (nSPS) is 14.9. The van der Waals surface area contributed by atoms with Crippen LogP contribution in [-0.4, -0.2) is 76.5 Å². The maximum absolute atomic E-state index is 13.2. The molecule has 182 valence electrons. The number of ether oxygens (including phenoxy) is 2. The van der Waals surface area contributed by atoms with E-state index < -0.39 is 9.84 Å². The molecule has 8 nitrogen and oxygen atoms in total. The quantitative estimate of drug-likeness (QED) is 0.427. The van der Waals surface area contributed by atoms with Crippen LogP contribution in [0, 0.1) is 0 Å². The number of carbonyl (C=O) groups excluding carboxylic acids is 1. The van der Waals surface area contributed by atoms with Gasteiger partial charge in [-0.15, -0.1) is 0 Å². The molecule has 34 heavy (non-hydrogen) atoms. The Hall–Kier alpha value is -1.95. The lowest BCUT2D eigenvalue weighted by molar-refractivity contribution is -0.120. The van der Waals surface area contributed by atoms with Crippen molar-refractivity contribution in [3.05, 3.63) is 46.4 Å². The molecule has 1 aliphatic rings. The lowest BCUT2D eigenvalue weighted by Gasteiger charge is -2.29. The van der Waals surface area contributed by atoms with Crippen molar-refractivity contribution in [1.82, 2.24) is 9.88 Å². The number of rotatable bonds is 8. The van der Waals surface area contributed by atoms with Crippen LogP contribution < -0.4 is 9.64 Å². The Balaban J connectivity index is 1.56. The summed E-state index contributed by atoms with van der Waals surface area (Å²) in [4.78, 5) is 21.8. The summed E-state index contributed by atoms with van der Waals surface area (Å²) in [7, 11) is -3.35. The first-order valence-electron chi connectivity index (χ1n) is 10.5. The van der Waals surface area contributed by atoms with Crippen LogP contribution in [0.2, 0.25) is 10.0 Å². The first-order chi connectivity index (χ1) is 16.2. The summed E-state index contributed by atoms with van der Waals surface area (Å²) >= 11 is 13.4. The minimum absolute atomic E-state index is 0.210. The van der Waals surface area contributed by atoms with Gasteiger partial charge in [0.05, 0.1) is 33.3 Å². The molecule has 0 radical (unpaired) electrons. The fourth-order valence-corrected chi connectivity index (χ4v) is 5.67. The van der Waals surface area contributed by atoms with Gasteiger partial charge in [0.1, 0.15) is 5.75 Å². The van der Waals surface area contributed by atoms with Crippen LogP contribution in [0.1, 0.15) is 0 Å². The molecule has 0 spiro atoms. The molecule has 4 rings (SSSR count). The van der Waals surface area contributed by atoms with Crippen molar-refractivity contribution < 1.29 is 22.7 Å². The van der Waals surface area contributed by atoms with Gasteiger partial charge in [-0.3, -0.25) is 14.6 Å². The minimum atomic E-state index is -3.35. The Bertz CT molecular complexity index is 1290. The maximum atomic E-state index is 13.2. The lowest BCUT2D eigenvalue weighted by atomic mass is 10.3. The molecule has 1 aromatic heterocycles. The number of benzene rings is 2. The maximum Gasteiger partial charge on any atom is 0.266 e. The number of thiazole rings is 1. The van der Waals surface area contributed by atoms with Crippen molar-refractivity contribution in [2.45, 2.75) is 4.90 Å². The number of amides is 1. The molecule has 0 unspecified atom stereocenters. The van der Waals surface area contributed by atoms with Crippen LogP contribution in [0.15, 0.2) is 41.3 Å². The van der Waals surface area contributed by atoms with E-state index in [4.69, 9.17) is 32.7 Å². The van der Waals surface area contributed by atoms with Gasteiger partial charge in [0.15, 0.2) is 21.6 Å². The number of nitrogens with zero attached hydrogens (tertiary/aromatic N) is 3. The molecule has 0 aliphatic carbocycles. The molecule has 2 aromatic carbocycles. The second kappa shape index (κ2) is 10.8. The van der Waals surface area contributed by atoms with E-state index in [9.17, 15) is 13.2 Å². The number of aromatic nitrogens is 1. The smallest absolute Gasteiger partial charge is 0.266 e. The molecule has 0 N–H and O–H groups in total. The van der Waals surface area contributed by atoms with E-state index in [1.54, 1.807) is 35.2 Å². The fraction of sp³-hybridized carbons (Fsp3) is 0.364. The molecular formula is C22H23Cl2N3O5S2. The standard InChI is InChI=1S/C22H23Cl2N3O5S2/c1-34(29,30)16-3-4-18-20(13-16)33-22(25-18)27(7-6-26-8-10-31-11-9-26)21(28)14-32-19-5-2-15(23)12-17(19)24/h2-5,12-13H,6-11,14H2,1H3. The van der Waals surface area contributed by atoms with Crippen LogP contribution in [0.4, 0.5) is 5.13 Å². The highest BCUT2D eigenvalue weighted by molar-refractivity contribution is 7.90. The van der Waals surface area contributed by atoms with Gasteiger partial charge in [-0.2, -0.15) is 0 Å². The Morgan fingerprint density at radius 2 is 1.97 bits per heavy atom. The highest BCUT2D eigenvalue weighted by atomic mass is 35.5. The molecule has 1 aliphatic heterocycles. The van der Waals surface area contributed by atoms with Gasteiger partial charge < -0.3 is 9.47 Å². The van der Waals surface area contributed by atoms with Crippen molar-refractivity contribution in [2.24, 2.45) is 0 Å². The molecular weight excluding hydrogens is 521 g/mol. The van der Waals surface area contributed by atoms with E-state index in [1.165, 1.54) is 17.4 Å². The molecule has 3 aromatic rings. The Kier molecular flexibility index (Phi) is 7.96. The first-order valence-corrected chi connectivity index (χ1v) is 14.0. The number of anilines is 1. The van der Waals surface area contributed by atoms with Crippen molar-refractivity contribution in [2.75, 3.05) is 57.2 Å². The highest BCUT2D eigenvalue weighted by Crippen LogP contribution is 2.31. The topological polar surface area (TPSA) is 89.0 Å². The second-order valence-electron chi connectivity index (χ2n) is 7.76. The lowest BCUT2D eigenvalue weighted by Crippen LogP contribution is -2.44. The zero-order valence-corrected chi connectivity index (χ0v) is 21.5. The number of carbonyl (C=O) groups is 1. The zero-order chi connectivity index (χ0) is 24.3. The Morgan fingerprint density at radius 3 is 2.68 bits per heavy atom. The number of morpholine rings is 1. The predicted octanol–water partition coefficient (Wildman–Crippen LogP) is 3.75. The molecule has 0 saturated carbocycles. The Morgan fingerprint density at radius 1 is 1.21 bits per heavy atom. The summed E-state index contributed by atoms with van der Waals surface area (Å²) in [6.45, 7) is 3.68. The van der Waals surface area contributed by atoms with Gasteiger partial charge in [0.2, 0.25) is 0 Å². The van der Waals surface area contributed by atoms with Crippen LogP contribution in [0.25, 0.3) is 10.2 Å². The average molecular weight is 544 g/mol. The van der Waals surface area contributed by atoms with E-state index in [1.807, 2.05) is 0 Å². The first kappa shape index (κ1) is 25.2. The Labute approximate surface area is 211 Å². The largest absolute Gasteiger partial charge is 0.482 e. The van der Waals surface area contributed by atoms with Crippen LogP contribution in [0.5, 0.6) is 5.75 Å². The number of halogens is 2. The third-order valence-electron chi connectivity index (χ3n) is 5.30. The van der Waals surface area contributed by atoms with Crippen molar-refractivity contribution >= 4 is 65.6 Å². The number of hydrogen-bond acceptors (Lipinski definition) is 8. The summed E-state index contributed by atoms with van der Waals surface area (Å²) < 4.78 is 35.6. The van der Waals surface area contributed by atoms with E-state index in [2.05, 4.69) is 9.88 Å². The van der Waals surface area contributed by atoms with Gasteiger partial charge in [0, 0.05) is 37.5 Å². The number of hydrogen-bond donors (Lipinski definition) is 0. The van der Waals surface area contributed by atoms with Crippen LogP contribution in [-0.2, 0) is 19.4 Å². The molecule has 12 heteroatoms. The number of sulfone groups is 1. The third-order valence-corrected chi connectivity index (χ3v) is 7.98. The minimum Gasteiger partial charge on any atom is -0.482 e. The summed E-state index contributed by atoms with van der Waals surface area (Å²) in [6, 6.07) is 9.55. The second-order valence-corrected chi connectivity index (χ2v) is 11.6. The molecule has 1 saturated heterocycles.